The number of aromatic amines is 1. The number of anilines is 1. The Morgan fingerprint density at radius 2 is 1.96 bits per heavy atom. The van der Waals surface area contributed by atoms with Crippen LogP contribution in [0.2, 0.25) is 0 Å². The smallest absolute Gasteiger partial charge is 0.255 e. The summed E-state index contributed by atoms with van der Waals surface area (Å²) in [6.07, 6.45) is 3.16. The zero-order valence-corrected chi connectivity index (χ0v) is 15.0. The molecule has 1 amide bonds. The van der Waals surface area contributed by atoms with Crippen molar-refractivity contribution in [2.75, 3.05) is 11.9 Å². The van der Waals surface area contributed by atoms with Crippen LogP contribution in [-0.4, -0.2) is 38.1 Å². The summed E-state index contributed by atoms with van der Waals surface area (Å²) in [6, 6.07) is 16.7. The number of rotatable bonds is 7. The maximum absolute atomic E-state index is 12.5. The van der Waals surface area contributed by atoms with Gasteiger partial charge in [0, 0.05) is 17.4 Å². The monoisotopic (exact) mass is 374 g/mol. The highest BCUT2D eigenvalue weighted by atomic mass is 16.5. The lowest BCUT2D eigenvalue weighted by Gasteiger charge is -2.08. The highest BCUT2D eigenvalue weighted by Crippen LogP contribution is 2.18. The van der Waals surface area contributed by atoms with Crippen molar-refractivity contribution in [2.45, 2.75) is 12.8 Å². The van der Waals surface area contributed by atoms with Gasteiger partial charge in [0.25, 0.3) is 5.91 Å². The van der Waals surface area contributed by atoms with Crippen LogP contribution in [0.15, 0.2) is 60.8 Å². The summed E-state index contributed by atoms with van der Waals surface area (Å²) >= 11 is 0. The van der Waals surface area contributed by atoms with Gasteiger partial charge in [-0.05, 0) is 53.2 Å². The lowest BCUT2D eigenvalue weighted by molar-refractivity contribution is 0.102. The molecule has 0 radical (unpaired) electrons. The number of nitrogens with one attached hydrogen (secondary N) is 2. The van der Waals surface area contributed by atoms with Gasteiger partial charge in [0.2, 0.25) is 0 Å². The first kappa shape index (κ1) is 17.6. The van der Waals surface area contributed by atoms with Crippen LogP contribution in [0, 0.1) is 0 Å². The standard InChI is InChI=1S/C20H18N6O2/c27-20(22-16-12-15-4-1-2-5-18(15)21-13-16)14-7-9-17(10-8-14)28-11-3-6-19-23-25-26-24-19/h1-2,4-5,7-10,12-13H,3,6,11H2,(H,22,27)(H,23,24,25,26). The fourth-order valence-electron chi connectivity index (χ4n) is 2.76. The SMILES string of the molecule is O=C(Nc1cnc2ccccc2c1)c1ccc(OCCCc2nnn[nH]2)cc1. The Bertz CT molecular complexity index is 1060. The first-order chi connectivity index (χ1) is 13.8. The first-order valence-electron chi connectivity index (χ1n) is 8.89. The van der Waals surface area contributed by atoms with Crippen molar-refractivity contribution in [3.63, 3.8) is 0 Å². The van der Waals surface area contributed by atoms with E-state index in [1.54, 1.807) is 30.5 Å². The van der Waals surface area contributed by atoms with Crippen molar-refractivity contribution in [3.8, 4) is 5.75 Å². The third-order valence-electron chi connectivity index (χ3n) is 4.18. The van der Waals surface area contributed by atoms with Gasteiger partial charge in [-0.15, -0.1) is 5.10 Å². The zero-order valence-electron chi connectivity index (χ0n) is 15.0. The number of fused-ring (bicyclic) bond motifs is 1. The Hall–Kier alpha value is -3.81. The van der Waals surface area contributed by atoms with E-state index in [9.17, 15) is 4.79 Å². The van der Waals surface area contributed by atoms with Crippen LogP contribution in [0.5, 0.6) is 5.75 Å². The molecule has 0 spiro atoms. The van der Waals surface area contributed by atoms with E-state index >= 15 is 0 Å². The quantitative estimate of drug-likeness (QED) is 0.482. The number of nitrogens with zero attached hydrogens (tertiary/aromatic N) is 4. The fourth-order valence-corrected chi connectivity index (χ4v) is 2.76. The number of carbonyl (C=O) groups is 1. The van der Waals surface area contributed by atoms with E-state index in [0.29, 0.717) is 30.0 Å². The minimum Gasteiger partial charge on any atom is -0.494 e. The van der Waals surface area contributed by atoms with E-state index in [-0.39, 0.29) is 5.91 Å². The molecule has 0 bridgehead atoms. The molecule has 2 heterocycles. The van der Waals surface area contributed by atoms with E-state index in [2.05, 4.69) is 30.9 Å². The second-order valence-electron chi connectivity index (χ2n) is 6.20. The van der Waals surface area contributed by atoms with Gasteiger partial charge in [0.1, 0.15) is 11.6 Å². The Morgan fingerprint density at radius 3 is 2.79 bits per heavy atom. The number of pyridine rings is 1. The number of aromatic nitrogens is 5. The number of H-pyrrole nitrogens is 1. The Kier molecular flexibility index (Phi) is 5.19. The molecule has 8 nitrogen and oxygen atoms in total. The third kappa shape index (κ3) is 4.29. The number of carbonyl (C=O) groups excluding carboxylic acids is 1. The molecule has 2 aromatic heterocycles. The summed E-state index contributed by atoms with van der Waals surface area (Å²) in [5, 5.41) is 17.4. The van der Waals surface area contributed by atoms with Crippen LogP contribution in [0.25, 0.3) is 10.9 Å². The van der Waals surface area contributed by atoms with Gasteiger partial charge >= 0.3 is 0 Å². The predicted molar refractivity (Wildman–Crippen MR) is 104 cm³/mol. The lowest BCUT2D eigenvalue weighted by Crippen LogP contribution is -2.12. The van der Waals surface area contributed by atoms with Crippen molar-refractivity contribution in [3.05, 3.63) is 72.2 Å². The van der Waals surface area contributed by atoms with Crippen LogP contribution in [-0.2, 0) is 6.42 Å². The molecule has 8 heteroatoms. The summed E-state index contributed by atoms with van der Waals surface area (Å²) in [7, 11) is 0. The van der Waals surface area contributed by atoms with E-state index in [4.69, 9.17) is 4.74 Å². The van der Waals surface area contributed by atoms with E-state index in [1.165, 1.54) is 0 Å². The number of hydrogen-bond acceptors (Lipinski definition) is 6. The molecule has 4 rings (SSSR count). The second kappa shape index (κ2) is 8.26. The molecule has 4 aromatic rings. The molecule has 0 fully saturated rings. The van der Waals surface area contributed by atoms with E-state index in [1.807, 2.05) is 30.3 Å². The maximum atomic E-state index is 12.5. The molecule has 0 aliphatic rings. The van der Waals surface area contributed by atoms with Crippen molar-refractivity contribution in [2.24, 2.45) is 0 Å². The minimum absolute atomic E-state index is 0.193. The number of para-hydroxylation sites is 1. The van der Waals surface area contributed by atoms with Gasteiger partial charge in [0.15, 0.2) is 0 Å². The Labute approximate surface area is 161 Å². The van der Waals surface area contributed by atoms with Gasteiger partial charge in [-0.1, -0.05) is 18.2 Å². The summed E-state index contributed by atoms with van der Waals surface area (Å²) in [4.78, 5) is 16.8. The zero-order chi connectivity index (χ0) is 19.2. The number of tetrazole rings is 1. The molecule has 2 aromatic carbocycles. The Balaban J connectivity index is 1.31. The van der Waals surface area contributed by atoms with Crippen molar-refractivity contribution >= 4 is 22.5 Å². The molecule has 0 atom stereocenters. The van der Waals surface area contributed by atoms with Crippen molar-refractivity contribution in [1.82, 2.24) is 25.6 Å². The van der Waals surface area contributed by atoms with Crippen molar-refractivity contribution in [1.29, 1.82) is 0 Å². The molecule has 0 unspecified atom stereocenters. The average Bonchev–Trinajstić information content (AvgIpc) is 3.25. The first-order valence-corrected chi connectivity index (χ1v) is 8.89. The number of benzene rings is 2. The minimum atomic E-state index is -0.193. The van der Waals surface area contributed by atoms with Gasteiger partial charge in [-0.3, -0.25) is 9.78 Å². The Morgan fingerprint density at radius 1 is 1.11 bits per heavy atom. The molecule has 0 saturated carbocycles. The average molecular weight is 374 g/mol. The predicted octanol–water partition coefficient (Wildman–Crippen LogP) is 3.01. The maximum Gasteiger partial charge on any atom is 0.255 e. The highest BCUT2D eigenvalue weighted by molar-refractivity contribution is 6.04. The second-order valence-corrected chi connectivity index (χ2v) is 6.20. The topological polar surface area (TPSA) is 106 Å². The van der Waals surface area contributed by atoms with Crippen LogP contribution < -0.4 is 10.1 Å². The summed E-state index contributed by atoms with van der Waals surface area (Å²) in [6.45, 7) is 0.537. The summed E-state index contributed by atoms with van der Waals surface area (Å²) < 4.78 is 5.68. The molecule has 0 saturated heterocycles. The summed E-state index contributed by atoms with van der Waals surface area (Å²) in [5.74, 6) is 1.25. The van der Waals surface area contributed by atoms with Crippen LogP contribution >= 0.6 is 0 Å². The number of hydrogen-bond donors (Lipinski definition) is 2. The third-order valence-corrected chi connectivity index (χ3v) is 4.18. The fraction of sp³-hybridized carbons (Fsp3) is 0.150. The molecule has 28 heavy (non-hydrogen) atoms. The van der Waals surface area contributed by atoms with Gasteiger partial charge < -0.3 is 10.1 Å². The van der Waals surface area contributed by atoms with Crippen LogP contribution in [0.1, 0.15) is 22.6 Å². The van der Waals surface area contributed by atoms with Gasteiger partial charge in [0.05, 0.1) is 24.0 Å². The normalized spacial score (nSPS) is 10.7. The number of ether oxygens (including phenoxy) is 1. The van der Waals surface area contributed by atoms with Crippen LogP contribution in [0.3, 0.4) is 0 Å². The molecule has 2 N–H and O–H groups in total. The van der Waals surface area contributed by atoms with E-state index in [0.717, 1.165) is 23.1 Å². The molecular formula is C20H18N6O2. The molecule has 0 aliphatic heterocycles. The number of amides is 1. The van der Waals surface area contributed by atoms with E-state index < -0.39 is 0 Å². The molecular weight excluding hydrogens is 356 g/mol. The van der Waals surface area contributed by atoms with Gasteiger partial charge in [-0.2, -0.15) is 0 Å². The van der Waals surface area contributed by atoms with Crippen molar-refractivity contribution < 1.29 is 9.53 Å². The highest BCUT2D eigenvalue weighted by Gasteiger charge is 2.07. The van der Waals surface area contributed by atoms with Gasteiger partial charge in [-0.25, -0.2) is 5.10 Å². The summed E-state index contributed by atoms with van der Waals surface area (Å²) in [5.41, 5.74) is 2.10. The molecule has 0 aliphatic carbocycles. The largest absolute Gasteiger partial charge is 0.494 e. The molecule has 140 valence electrons. The van der Waals surface area contributed by atoms with Crippen LogP contribution in [0.4, 0.5) is 5.69 Å². The lowest BCUT2D eigenvalue weighted by atomic mass is 10.2. The number of aryl methyl sites for hydroxylation is 1.